The van der Waals surface area contributed by atoms with Gasteiger partial charge in [0.25, 0.3) is 0 Å². The Labute approximate surface area is 175 Å². The van der Waals surface area contributed by atoms with Crippen molar-refractivity contribution in [3.8, 4) is 0 Å². The predicted octanol–water partition coefficient (Wildman–Crippen LogP) is 3.84. The SMILES string of the molecule is CCCCCCCCNNC1CCN(S(=O)(=O)c2cccc3cnccc23)CC1. The summed E-state index contributed by atoms with van der Waals surface area (Å²) in [5.74, 6) is 0. The third-order valence-electron chi connectivity index (χ3n) is 5.67. The van der Waals surface area contributed by atoms with Crippen molar-refractivity contribution >= 4 is 20.8 Å². The Morgan fingerprint density at radius 2 is 1.83 bits per heavy atom. The number of piperidine rings is 1. The molecule has 1 fully saturated rings. The molecule has 0 saturated carbocycles. The first-order valence-corrected chi connectivity index (χ1v) is 12.4. The molecule has 0 atom stereocenters. The third kappa shape index (κ3) is 5.98. The average molecular weight is 419 g/mol. The van der Waals surface area contributed by atoms with E-state index in [0.29, 0.717) is 24.0 Å². The average Bonchev–Trinajstić information content (AvgIpc) is 2.75. The largest absolute Gasteiger partial charge is 0.264 e. The molecule has 160 valence electrons. The monoisotopic (exact) mass is 418 g/mol. The minimum absolute atomic E-state index is 0.318. The fraction of sp³-hybridized carbons (Fsp3) is 0.591. The van der Waals surface area contributed by atoms with Crippen LogP contribution in [0.5, 0.6) is 0 Å². The fourth-order valence-electron chi connectivity index (χ4n) is 3.91. The van der Waals surface area contributed by atoms with Crippen LogP contribution in [0.25, 0.3) is 10.8 Å². The van der Waals surface area contributed by atoms with Crippen LogP contribution < -0.4 is 10.9 Å². The highest BCUT2D eigenvalue weighted by Crippen LogP contribution is 2.27. The van der Waals surface area contributed by atoms with Crippen molar-refractivity contribution < 1.29 is 8.42 Å². The summed E-state index contributed by atoms with van der Waals surface area (Å²) in [4.78, 5) is 4.47. The van der Waals surface area contributed by atoms with Crippen molar-refractivity contribution in [2.45, 2.75) is 69.2 Å². The Hall–Kier alpha value is -1.54. The van der Waals surface area contributed by atoms with Crippen LogP contribution in [0.4, 0.5) is 0 Å². The zero-order chi connectivity index (χ0) is 20.5. The van der Waals surface area contributed by atoms with Gasteiger partial charge >= 0.3 is 0 Å². The van der Waals surface area contributed by atoms with Crippen LogP contribution in [0.1, 0.15) is 58.3 Å². The highest BCUT2D eigenvalue weighted by molar-refractivity contribution is 7.89. The summed E-state index contributed by atoms with van der Waals surface area (Å²) in [5.41, 5.74) is 6.72. The molecule has 2 aromatic rings. The van der Waals surface area contributed by atoms with Crippen LogP contribution in [0.2, 0.25) is 0 Å². The van der Waals surface area contributed by atoms with Gasteiger partial charge in [0.1, 0.15) is 0 Å². The van der Waals surface area contributed by atoms with E-state index in [9.17, 15) is 8.42 Å². The van der Waals surface area contributed by atoms with Gasteiger partial charge in [-0.05, 0) is 31.4 Å². The Kier molecular flexibility index (Phi) is 8.41. The van der Waals surface area contributed by atoms with Gasteiger partial charge in [0.05, 0.1) is 4.90 Å². The zero-order valence-corrected chi connectivity index (χ0v) is 18.3. The van der Waals surface area contributed by atoms with Crippen LogP contribution in [0.3, 0.4) is 0 Å². The Balaban J connectivity index is 1.45. The summed E-state index contributed by atoms with van der Waals surface area (Å²) in [6.07, 6.45) is 12.7. The number of fused-ring (bicyclic) bond motifs is 1. The van der Waals surface area contributed by atoms with Crippen molar-refractivity contribution in [2.24, 2.45) is 0 Å². The number of pyridine rings is 1. The van der Waals surface area contributed by atoms with Gasteiger partial charge in [0, 0.05) is 48.8 Å². The van der Waals surface area contributed by atoms with E-state index in [1.807, 2.05) is 6.07 Å². The molecular formula is C22H34N4O2S. The molecule has 1 saturated heterocycles. The van der Waals surface area contributed by atoms with Crippen LogP contribution in [0, 0.1) is 0 Å². The van der Waals surface area contributed by atoms with E-state index in [1.54, 1.807) is 34.9 Å². The van der Waals surface area contributed by atoms with Crippen LogP contribution in [-0.2, 0) is 10.0 Å². The number of hydrogen-bond donors (Lipinski definition) is 2. The number of aromatic nitrogens is 1. The van der Waals surface area contributed by atoms with Gasteiger partial charge in [-0.3, -0.25) is 15.8 Å². The molecule has 0 radical (unpaired) electrons. The Bertz CT molecular complexity index is 859. The lowest BCUT2D eigenvalue weighted by Gasteiger charge is -2.32. The van der Waals surface area contributed by atoms with Crippen molar-refractivity contribution in [3.05, 3.63) is 36.7 Å². The minimum atomic E-state index is -3.49. The molecule has 6 nitrogen and oxygen atoms in total. The van der Waals surface area contributed by atoms with Crippen LogP contribution in [-0.4, -0.2) is 43.4 Å². The first kappa shape index (κ1) is 22.2. The third-order valence-corrected chi connectivity index (χ3v) is 7.63. The van der Waals surface area contributed by atoms with E-state index >= 15 is 0 Å². The van der Waals surface area contributed by atoms with Gasteiger partial charge in [-0.2, -0.15) is 4.31 Å². The number of sulfonamides is 1. The van der Waals surface area contributed by atoms with Gasteiger partial charge in [0.2, 0.25) is 10.0 Å². The van der Waals surface area contributed by atoms with E-state index in [0.717, 1.165) is 30.2 Å². The molecule has 1 aliphatic rings. The van der Waals surface area contributed by atoms with Gasteiger partial charge in [-0.25, -0.2) is 8.42 Å². The second-order valence-electron chi connectivity index (χ2n) is 7.87. The van der Waals surface area contributed by atoms with Crippen LogP contribution >= 0.6 is 0 Å². The molecule has 1 aromatic heterocycles. The van der Waals surface area contributed by atoms with Gasteiger partial charge in [-0.15, -0.1) is 0 Å². The van der Waals surface area contributed by atoms with E-state index in [1.165, 1.54) is 38.5 Å². The maximum absolute atomic E-state index is 13.2. The first-order valence-electron chi connectivity index (χ1n) is 10.9. The van der Waals surface area contributed by atoms with Crippen molar-refractivity contribution in [1.82, 2.24) is 20.1 Å². The molecule has 0 aliphatic carbocycles. The molecule has 0 amide bonds. The van der Waals surface area contributed by atoms with Gasteiger partial charge in [-0.1, -0.05) is 51.2 Å². The molecular weight excluding hydrogens is 384 g/mol. The summed E-state index contributed by atoms with van der Waals surface area (Å²) in [6, 6.07) is 7.48. The standard InChI is InChI=1S/C22H34N4O2S/c1-2-3-4-5-6-7-14-24-25-20-12-16-26(17-13-20)29(27,28)22-10-8-9-19-18-23-15-11-21(19)22/h8-11,15,18,20,24-25H,2-7,12-14,16-17H2,1H3. The Morgan fingerprint density at radius 3 is 2.62 bits per heavy atom. The van der Waals surface area contributed by atoms with E-state index < -0.39 is 10.0 Å². The summed E-state index contributed by atoms with van der Waals surface area (Å²) in [7, 11) is -3.49. The number of rotatable bonds is 11. The van der Waals surface area contributed by atoms with E-state index in [4.69, 9.17) is 0 Å². The van der Waals surface area contributed by atoms with Gasteiger partial charge < -0.3 is 0 Å². The summed E-state index contributed by atoms with van der Waals surface area (Å²) in [5, 5.41) is 1.59. The molecule has 1 aliphatic heterocycles. The molecule has 7 heteroatoms. The predicted molar refractivity (Wildman–Crippen MR) is 118 cm³/mol. The number of nitrogens with one attached hydrogen (secondary N) is 2. The van der Waals surface area contributed by atoms with Gasteiger partial charge in [0.15, 0.2) is 0 Å². The number of benzene rings is 1. The molecule has 0 bridgehead atoms. The Morgan fingerprint density at radius 1 is 1.07 bits per heavy atom. The quantitative estimate of drug-likeness (QED) is 0.428. The molecule has 29 heavy (non-hydrogen) atoms. The van der Waals surface area contributed by atoms with Crippen molar-refractivity contribution in [2.75, 3.05) is 19.6 Å². The zero-order valence-electron chi connectivity index (χ0n) is 17.4. The number of unbranched alkanes of at least 4 members (excludes halogenated alkanes) is 5. The summed E-state index contributed by atoms with van der Waals surface area (Å²) in [6.45, 7) is 4.29. The normalized spacial score (nSPS) is 16.4. The number of hydrazine groups is 1. The second kappa shape index (κ2) is 11.0. The van der Waals surface area contributed by atoms with Crippen LogP contribution in [0.15, 0.2) is 41.6 Å². The molecule has 0 unspecified atom stereocenters. The smallest absolute Gasteiger partial charge is 0.243 e. The topological polar surface area (TPSA) is 74.3 Å². The lowest BCUT2D eigenvalue weighted by atomic mass is 10.1. The lowest BCUT2D eigenvalue weighted by molar-refractivity contribution is 0.270. The van der Waals surface area contributed by atoms with E-state index in [2.05, 4.69) is 22.8 Å². The summed E-state index contributed by atoms with van der Waals surface area (Å²) < 4.78 is 28.0. The lowest BCUT2D eigenvalue weighted by Crippen LogP contribution is -2.49. The number of nitrogens with zero attached hydrogens (tertiary/aromatic N) is 2. The van der Waals surface area contributed by atoms with Crippen molar-refractivity contribution in [3.63, 3.8) is 0 Å². The summed E-state index contributed by atoms with van der Waals surface area (Å²) >= 11 is 0. The maximum Gasteiger partial charge on any atom is 0.243 e. The first-order chi connectivity index (χ1) is 14.1. The highest BCUT2D eigenvalue weighted by atomic mass is 32.2. The number of hydrogen-bond acceptors (Lipinski definition) is 5. The maximum atomic E-state index is 13.2. The molecule has 3 rings (SSSR count). The molecule has 2 N–H and O–H groups in total. The molecule has 0 spiro atoms. The molecule has 2 heterocycles. The fourth-order valence-corrected chi connectivity index (χ4v) is 5.59. The van der Waals surface area contributed by atoms with E-state index in [-0.39, 0.29) is 0 Å². The second-order valence-corrected chi connectivity index (χ2v) is 9.78. The molecule has 1 aromatic carbocycles. The van der Waals surface area contributed by atoms with Crippen molar-refractivity contribution in [1.29, 1.82) is 0 Å². The highest BCUT2D eigenvalue weighted by Gasteiger charge is 2.30. The minimum Gasteiger partial charge on any atom is -0.264 e.